The van der Waals surface area contributed by atoms with E-state index in [2.05, 4.69) is 15.3 Å². The monoisotopic (exact) mass is 377 g/mol. The van der Waals surface area contributed by atoms with Crippen LogP contribution in [0.1, 0.15) is 29.1 Å². The Hall–Kier alpha value is -2.38. The van der Waals surface area contributed by atoms with E-state index in [-0.39, 0.29) is 17.1 Å². The maximum Gasteiger partial charge on any atom is 0.348 e. The number of aryl methyl sites for hydroxylation is 1. The normalized spacial score (nSPS) is 11.1. The van der Waals surface area contributed by atoms with E-state index in [1.807, 2.05) is 6.92 Å². The number of hydrogen-bond acceptors (Lipinski definition) is 7. The molecule has 0 saturated heterocycles. The second-order valence-corrected chi connectivity index (χ2v) is 7.01. The lowest BCUT2D eigenvalue weighted by molar-refractivity contribution is 0.0383. The summed E-state index contributed by atoms with van der Waals surface area (Å²) in [5.41, 5.74) is 1.19. The van der Waals surface area contributed by atoms with Gasteiger partial charge >= 0.3 is 5.97 Å². The fraction of sp³-hybridized carbons (Fsp3) is 0.235. The van der Waals surface area contributed by atoms with Gasteiger partial charge in [0.15, 0.2) is 0 Å². The number of carbonyl (C=O) groups excluding carboxylic acids is 1. The van der Waals surface area contributed by atoms with Crippen LogP contribution in [-0.4, -0.2) is 27.1 Å². The number of fused-ring (bicyclic) bond motifs is 1. The van der Waals surface area contributed by atoms with Gasteiger partial charge in [-0.15, -0.1) is 11.3 Å². The van der Waals surface area contributed by atoms with E-state index in [4.69, 9.17) is 16.3 Å². The summed E-state index contributed by atoms with van der Waals surface area (Å²) in [6.45, 7) is 5.40. The molecule has 0 aliphatic carbocycles. The van der Waals surface area contributed by atoms with Crippen molar-refractivity contribution >= 4 is 50.6 Å². The van der Waals surface area contributed by atoms with Crippen LogP contribution in [0.15, 0.2) is 24.3 Å². The number of phenols is 1. The minimum atomic E-state index is -0.403. The summed E-state index contributed by atoms with van der Waals surface area (Å²) in [5.74, 6) is 0.103. The Morgan fingerprint density at radius 2 is 2.04 bits per heavy atom. The van der Waals surface area contributed by atoms with Gasteiger partial charge in [-0.1, -0.05) is 12.1 Å². The fourth-order valence-electron chi connectivity index (χ4n) is 2.37. The first kappa shape index (κ1) is 17.4. The Kier molecular flexibility index (Phi) is 4.78. The van der Waals surface area contributed by atoms with E-state index >= 15 is 0 Å². The minimum absolute atomic E-state index is 0.0513. The SMILES string of the molecule is Cc1c(C(=O)OC(C)C)sc2nc(Cl)nc(Nc3ccccc3O)c12. The number of ether oxygens (including phenoxy) is 1. The average molecular weight is 378 g/mol. The van der Waals surface area contributed by atoms with Gasteiger partial charge in [-0.2, -0.15) is 4.98 Å². The summed E-state index contributed by atoms with van der Waals surface area (Å²) in [4.78, 5) is 21.8. The second kappa shape index (κ2) is 6.85. The van der Waals surface area contributed by atoms with Gasteiger partial charge in [-0.05, 0) is 50.1 Å². The van der Waals surface area contributed by atoms with Crippen LogP contribution in [0.25, 0.3) is 10.2 Å². The van der Waals surface area contributed by atoms with Crippen molar-refractivity contribution in [1.29, 1.82) is 0 Å². The lowest BCUT2D eigenvalue weighted by Gasteiger charge is -2.09. The molecule has 3 aromatic rings. The van der Waals surface area contributed by atoms with Crippen molar-refractivity contribution in [2.45, 2.75) is 26.9 Å². The smallest absolute Gasteiger partial charge is 0.348 e. The first-order valence-corrected chi connectivity index (χ1v) is 8.79. The molecule has 0 bridgehead atoms. The number of nitrogens with one attached hydrogen (secondary N) is 1. The maximum atomic E-state index is 12.3. The molecule has 3 rings (SSSR count). The third-order valence-corrected chi connectivity index (χ3v) is 4.78. The molecule has 0 saturated carbocycles. The summed E-state index contributed by atoms with van der Waals surface area (Å²) in [6.07, 6.45) is -0.217. The van der Waals surface area contributed by atoms with Crippen LogP contribution >= 0.6 is 22.9 Å². The molecule has 0 aliphatic heterocycles. The molecule has 0 amide bonds. The van der Waals surface area contributed by atoms with Crippen molar-refractivity contribution in [3.63, 3.8) is 0 Å². The molecule has 0 atom stereocenters. The quantitative estimate of drug-likeness (QED) is 0.390. The fourth-order valence-corrected chi connectivity index (χ4v) is 3.66. The molecule has 0 radical (unpaired) electrons. The number of aromatic hydroxyl groups is 1. The summed E-state index contributed by atoms with van der Waals surface area (Å²) in [6, 6.07) is 6.79. The van der Waals surface area contributed by atoms with Crippen LogP contribution in [0.2, 0.25) is 5.28 Å². The molecule has 0 fully saturated rings. The highest BCUT2D eigenvalue weighted by atomic mass is 35.5. The summed E-state index contributed by atoms with van der Waals surface area (Å²) in [7, 11) is 0. The molecule has 0 unspecified atom stereocenters. The van der Waals surface area contributed by atoms with Crippen LogP contribution in [0.4, 0.5) is 11.5 Å². The van der Waals surface area contributed by atoms with Crippen LogP contribution < -0.4 is 5.32 Å². The molecular formula is C17H16ClN3O3S. The third-order valence-electron chi connectivity index (χ3n) is 3.45. The van der Waals surface area contributed by atoms with E-state index in [9.17, 15) is 9.90 Å². The van der Waals surface area contributed by atoms with Crippen LogP contribution in [0.5, 0.6) is 5.75 Å². The zero-order chi connectivity index (χ0) is 18.1. The van der Waals surface area contributed by atoms with Crippen molar-refractivity contribution in [2.24, 2.45) is 0 Å². The number of nitrogens with zero attached hydrogens (tertiary/aromatic N) is 2. The number of esters is 1. The standard InChI is InChI=1S/C17H16ClN3O3S/c1-8(2)24-16(23)13-9(3)12-14(20-17(18)21-15(12)25-13)19-10-6-4-5-7-11(10)22/h4-8,22H,1-3H3,(H,19,20,21). The summed E-state index contributed by atoms with van der Waals surface area (Å²) in [5, 5.41) is 13.7. The van der Waals surface area contributed by atoms with E-state index in [0.29, 0.717) is 32.2 Å². The van der Waals surface area contributed by atoms with Crippen molar-refractivity contribution < 1.29 is 14.6 Å². The van der Waals surface area contributed by atoms with Crippen molar-refractivity contribution in [3.05, 3.63) is 40.0 Å². The zero-order valence-electron chi connectivity index (χ0n) is 13.8. The van der Waals surface area contributed by atoms with Crippen molar-refractivity contribution in [2.75, 3.05) is 5.32 Å². The molecule has 2 aromatic heterocycles. The molecule has 6 nitrogen and oxygen atoms in total. The van der Waals surface area contributed by atoms with E-state index in [1.165, 1.54) is 11.3 Å². The zero-order valence-corrected chi connectivity index (χ0v) is 15.4. The highest BCUT2D eigenvalue weighted by molar-refractivity contribution is 7.20. The van der Waals surface area contributed by atoms with Gasteiger partial charge in [0.2, 0.25) is 5.28 Å². The largest absolute Gasteiger partial charge is 0.506 e. The minimum Gasteiger partial charge on any atom is -0.506 e. The number of rotatable bonds is 4. The first-order chi connectivity index (χ1) is 11.9. The number of benzene rings is 1. The maximum absolute atomic E-state index is 12.3. The highest BCUT2D eigenvalue weighted by Crippen LogP contribution is 2.37. The number of anilines is 2. The Bertz CT molecular complexity index is 956. The Labute approximate surface area is 153 Å². The van der Waals surface area contributed by atoms with Crippen LogP contribution in [0.3, 0.4) is 0 Å². The van der Waals surface area contributed by atoms with E-state index in [0.717, 1.165) is 0 Å². The number of phenolic OH excluding ortho intramolecular Hbond substituents is 1. The summed E-state index contributed by atoms with van der Waals surface area (Å²) >= 11 is 7.23. The van der Waals surface area contributed by atoms with Gasteiger partial charge < -0.3 is 15.2 Å². The molecular weight excluding hydrogens is 362 g/mol. The predicted octanol–water partition coefficient (Wildman–Crippen LogP) is 4.67. The van der Waals surface area contributed by atoms with Gasteiger partial charge in [-0.3, -0.25) is 0 Å². The van der Waals surface area contributed by atoms with Gasteiger partial charge in [0.1, 0.15) is 21.3 Å². The van der Waals surface area contributed by atoms with Gasteiger partial charge in [-0.25, -0.2) is 9.78 Å². The van der Waals surface area contributed by atoms with Gasteiger partial charge in [0, 0.05) is 0 Å². The topological polar surface area (TPSA) is 84.3 Å². The Balaban J connectivity index is 2.11. The average Bonchev–Trinajstić information content (AvgIpc) is 2.86. The first-order valence-electron chi connectivity index (χ1n) is 7.59. The molecule has 2 N–H and O–H groups in total. The number of aromatic nitrogens is 2. The van der Waals surface area contributed by atoms with E-state index < -0.39 is 5.97 Å². The van der Waals surface area contributed by atoms with Crippen molar-refractivity contribution in [3.8, 4) is 5.75 Å². The second-order valence-electron chi connectivity index (χ2n) is 5.67. The molecule has 130 valence electrons. The molecule has 0 aliphatic rings. The Morgan fingerprint density at radius 1 is 1.32 bits per heavy atom. The number of thiophene rings is 1. The van der Waals surface area contributed by atoms with Crippen LogP contribution in [-0.2, 0) is 4.74 Å². The lowest BCUT2D eigenvalue weighted by atomic mass is 10.2. The number of para-hydroxylation sites is 2. The van der Waals surface area contributed by atoms with Crippen LogP contribution in [0, 0.1) is 6.92 Å². The number of carbonyl (C=O) groups is 1. The predicted molar refractivity (Wildman–Crippen MR) is 99.1 cm³/mol. The Morgan fingerprint density at radius 3 is 2.72 bits per heavy atom. The number of hydrogen-bond donors (Lipinski definition) is 2. The molecule has 0 spiro atoms. The molecule has 8 heteroatoms. The highest BCUT2D eigenvalue weighted by Gasteiger charge is 2.22. The van der Waals surface area contributed by atoms with Gasteiger partial charge in [0.05, 0.1) is 17.2 Å². The number of halogens is 1. The lowest BCUT2D eigenvalue weighted by Crippen LogP contribution is -2.11. The molecule has 25 heavy (non-hydrogen) atoms. The van der Waals surface area contributed by atoms with Gasteiger partial charge in [0.25, 0.3) is 0 Å². The third kappa shape index (κ3) is 3.52. The molecule has 1 aromatic carbocycles. The van der Waals surface area contributed by atoms with E-state index in [1.54, 1.807) is 38.1 Å². The summed E-state index contributed by atoms with van der Waals surface area (Å²) < 4.78 is 5.28. The molecule has 2 heterocycles. The van der Waals surface area contributed by atoms with Crippen molar-refractivity contribution in [1.82, 2.24) is 9.97 Å².